The molecule has 0 heterocycles. The number of carbonyl (C=O) groups excluding carboxylic acids is 1. The van der Waals surface area contributed by atoms with Crippen molar-refractivity contribution in [3.8, 4) is 0 Å². The van der Waals surface area contributed by atoms with E-state index in [1.165, 1.54) is 154 Å². The van der Waals surface area contributed by atoms with E-state index in [0.717, 1.165) is 19.3 Å². The number of hydrogen-bond acceptors (Lipinski definition) is 2. The fourth-order valence-electron chi connectivity index (χ4n) is 4.89. The van der Waals surface area contributed by atoms with E-state index in [4.69, 9.17) is 4.74 Å². The van der Waals surface area contributed by atoms with Gasteiger partial charge in [-0.2, -0.15) is 0 Å². The second-order valence-electron chi connectivity index (χ2n) is 11.2. The van der Waals surface area contributed by atoms with Gasteiger partial charge in [-0.3, -0.25) is 4.79 Å². The Bertz CT molecular complexity index is 456. The Morgan fingerprint density at radius 2 is 0.811 bits per heavy atom. The summed E-state index contributed by atoms with van der Waals surface area (Å²) in [6, 6.07) is 0. The second-order valence-corrected chi connectivity index (χ2v) is 11.2. The minimum atomic E-state index is 0. The first kappa shape index (κ1) is 39.4. The van der Waals surface area contributed by atoms with Crippen LogP contribution in [0.15, 0.2) is 12.2 Å². The maximum atomic E-state index is 11.9. The number of carbonyl (C=O) groups is 1. The minimum Gasteiger partial charge on any atom is -1.00 e. The van der Waals surface area contributed by atoms with Gasteiger partial charge < -0.3 is 6.16 Å². The maximum absolute atomic E-state index is 11.9. The third-order valence-electron chi connectivity index (χ3n) is 7.40. The first-order valence-corrected chi connectivity index (χ1v) is 16.6. The summed E-state index contributed by atoms with van der Waals surface area (Å²) in [7, 11) is 0. The fraction of sp³-hybridized carbons (Fsp3) is 0.912. The molecule has 0 saturated carbocycles. The van der Waals surface area contributed by atoms with E-state index in [0.29, 0.717) is 13.0 Å². The van der Waals surface area contributed by atoms with E-state index in [-0.39, 0.29) is 37.0 Å². The van der Waals surface area contributed by atoms with E-state index < -0.39 is 0 Å². The number of unbranched alkanes of at least 4 members (excludes halogenated alkanes) is 24. The van der Waals surface area contributed by atoms with Gasteiger partial charge in [-0.1, -0.05) is 161 Å². The van der Waals surface area contributed by atoms with Crippen LogP contribution in [0, 0.1) is 0 Å². The van der Waals surface area contributed by atoms with Crippen molar-refractivity contribution in [3.05, 3.63) is 12.2 Å². The molecule has 0 unspecified atom stereocenters. The summed E-state index contributed by atoms with van der Waals surface area (Å²) in [4.78, 5) is 11.9. The molecular formula is C34H67NaO2. The Labute approximate surface area is 257 Å². The van der Waals surface area contributed by atoms with E-state index in [1.807, 2.05) is 0 Å². The van der Waals surface area contributed by atoms with Crippen LogP contribution >= 0.6 is 0 Å². The SMILES string of the molecule is CCCCCCCC/C=C\CCCCCCCC(=O)OCCCCCCCCCCCCCCCC.[H-].[Na+]. The van der Waals surface area contributed by atoms with Gasteiger partial charge in [-0.15, -0.1) is 0 Å². The zero-order valence-corrected chi connectivity index (χ0v) is 28.0. The number of allylic oxidation sites excluding steroid dienone is 2. The molecular weight excluding hydrogens is 463 g/mol. The van der Waals surface area contributed by atoms with Crippen molar-refractivity contribution in [3.63, 3.8) is 0 Å². The van der Waals surface area contributed by atoms with E-state index in [1.54, 1.807) is 0 Å². The monoisotopic (exact) mass is 531 g/mol. The average molecular weight is 531 g/mol. The molecule has 0 aliphatic heterocycles. The fourth-order valence-corrected chi connectivity index (χ4v) is 4.89. The van der Waals surface area contributed by atoms with Gasteiger partial charge in [-0.25, -0.2) is 0 Å². The van der Waals surface area contributed by atoms with E-state index >= 15 is 0 Å². The van der Waals surface area contributed by atoms with E-state index in [2.05, 4.69) is 26.0 Å². The van der Waals surface area contributed by atoms with Crippen molar-refractivity contribution in [1.29, 1.82) is 0 Å². The van der Waals surface area contributed by atoms with Gasteiger partial charge in [0.05, 0.1) is 6.61 Å². The molecule has 0 N–H and O–H groups in total. The van der Waals surface area contributed by atoms with Crippen LogP contribution in [0.3, 0.4) is 0 Å². The molecule has 0 spiro atoms. The normalized spacial score (nSPS) is 11.2. The van der Waals surface area contributed by atoms with Gasteiger partial charge >= 0.3 is 35.5 Å². The van der Waals surface area contributed by atoms with Crippen molar-refractivity contribution in [1.82, 2.24) is 0 Å². The molecule has 0 aromatic heterocycles. The van der Waals surface area contributed by atoms with Crippen LogP contribution in [-0.2, 0) is 9.53 Å². The Kier molecular flexibility index (Phi) is 38.5. The summed E-state index contributed by atoms with van der Waals surface area (Å²) in [5.41, 5.74) is 0. The number of hydrogen-bond donors (Lipinski definition) is 0. The van der Waals surface area contributed by atoms with Crippen LogP contribution in [0.5, 0.6) is 0 Å². The summed E-state index contributed by atoms with van der Waals surface area (Å²) in [6.07, 6.45) is 41.2. The van der Waals surface area contributed by atoms with Crippen LogP contribution in [0.4, 0.5) is 0 Å². The predicted octanol–water partition coefficient (Wildman–Crippen LogP) is 9.16. The molecule has 0 aromatic carbocycles. The number of esters is 1. The minimum absolute atomic E-state index is 0. The second kappa shape index (κ2) is 36.2. The smallest absolute Gasteiger partial charge is 1.00 e. The van der Waals surface area contributed by atoms with Crippen LogP contribution in [0.25, 0.3) is 0 Å². The summed E-state index contributed by atoms with van der Waals surface area (Å²) in [5, 5.41) is 0. The molecule has 0 saturated heterocycles. The van der Waals surface area contributed by atoms with Crippen LogP contribution < -0.4 is 29.6 Å². The van der Waals surface area contributed by atoms with Crippen molar-refractivity contribution in [2.75, 3.05) is 6.61 Å². The number of rotatable bonds is 30. The van der Waals surface area contributed by atoms with Crippen molar-refractivity contribution >= 4 is 5.97 Å². The number of ether oxygens (including phenoxy) is 1. The average Bonchev–Trinajstić information content (AvgIpc) is 2.88. The summed E-state index contributed by atoms with van der Waals surface area (Å²) >= 11 is 0. The molecule has 3 heteroatoms. The topological polar surface area (TPSA) is 26.3 Å². The van der Waals surface area contributed by atoms with Crippen molar-refractivity contribution < 1.29 is 40.5 Å². The van der Waals surface area contributed by atoms with Crippen molar-refractivity contribution in [2.24, 2.45) is 0 Å². The Morgan fingerprint density at radius 3 is 1.22 bits per heavy atom. The standard InChI is InChI=1S/C34H66O2.Na.H/c1-3-5-7-9-11-13-15-17-19-20-22-24-26-28-30-32-34(35)36-33-31-29-27-25-23-21-18-16-14-12-10-8-6-4-2;;/h17,19H,3-16,18,20-33H2,1-2H3;;/q;+1;-1/b19-17-;;. The molecule has 2 nitrogen and oxygen atoms in total. The Morgan fingerprint density at radius 1 is 0.486 bits per heavy atom. The van der Waals surface area contributed by atoms with Gasteiger partial charge in [-0.05, 0) is 38.5 Å². The molecule has 0 amide bonds. The molecule has 0 aliphatic carbocycles. The molecule has 0 rings (SSSR count). The molecule has 216 valence electrons. The van der Waals surface area contributed by atoms with Gasteiger partial charge in [0.15, 0.2) is 0 Å². The first-order valence-electron chi connectivity index (χ1n) is 16.6. The third-order valence-corrected chi connectivity index (χ3v) is 7.40. The van der Waals surface area contributed by atoms with Crippen LogP contribution in [0.1, 0.15) is 195 Å². The van der Waals surface area contributed by atoms with Crippen molar-refractivity contribution in [2.45, 2.75) is 194 Å². The molecule has 37 heavy (non-hydrogen) atoms. The third kappa shape index (κ3) is 36.2. The Balaban J connectivity index is -0.00000612. The molecule has 0 fully saturated rings. The maximum Gasteiger partial charge on any atom is 1.00 e. The largest absolute Gasteiger partial charge is 1.00 e. The molecule has 0 aliphatic rings. The van der Waals surface area contributed by atoms with Gasteiger partial charge in [0.2, 0.25) is 0 Å². The molecule has 0 aromatic rings. The molecule has 0 bridgehead atoms. The van der Waals surface area contributed by atoms with E-state index in [9.17, 15) is 4.79 Å². The summed E-state index contributed by atoms with van der Waals surface area (Å²) in [5.74, 6) is 0.0160. The zero-order chi connectivity index (χ0) is 26.2. The quantitative estimate of drug-likeness (QED) is 0.0400. The predicted molar refractivity (Wildman–Crippen MR) is 162 cm³/mol. The van der Waals surface area contributed by atoms with Gasteiger partial charge in [0, 0.05) is 6.42 Å². The zero-order valence-electron chi connectivity index (χ0n) is 27.0. The summed E-state index contributed by atoms with van der Waals surface area (Å²) in [6.45, 7) is 5.19. The first-order chi connectivity index (χ1) is 17.8. The Hall–Kier alpha value is 0.210. The summed E-state index contributed by atoms with van der Waals surface area (Å²) < 4.78 is 5.42. The van der Waals surface area contributed by atoms with Gasteiger partial charge in [0.1, 0.15) is 0 Å². The van der Waals surface area contributed by atoms with Gasteiger partial charge in [0.25, 0.3) is 0 Å². The van der Waals surface area contributed by atoms with Crippen LogP contribution in [-0.4, -0.2) is 12.6 Å². The molecule has 0 radical (unpaired) electrons. The van der Waals surface area contributed by atoms with Crippen LogP contribution in [0.2, 0.25) is 0 Å². The molecule has 0 atom stereocenters.